The first-order valence-corrected chi connectivity index (χ1v) is 8.96. The zero-order chi connectivity index (χ0) is 19.2. The minimum Gasteiger partial charge on any atom is -0.497 e. The van der Waals surface area contributed by atoms with Gasteiger partial charge in [-0.25, -0.2) is 0 Å². The third kappa shape index (κ3) is 4.75. The number of aromatic amines is 1. The Bertz CT molecular complexity index is 877. The van der Waals surface area contributed by atoms with Gasteiger partial charge in [0, 0.05) is 31.7 Å². The molecule has 1 unspecified atom stereocenters. The third-order valence-corrected chi connectivity index (χ3v) is 4.71. The number of nitrogens with zero attached hydrogens (tertiary/aromatic N) is 1. The highest BCUT2D eigenvalue weighted by Crippen LogP contribution is 2.18. The summed E-state index contributed by atoms with van der Waals surface area (Å²) < 4.78 is 5.23. The molecule has 0 radical (unpaired) electrons. The smallest absolute Gasteiger partial charge is 0.260 e. The lowest BCUT2D eigenvalue weighted by Crippen LogP contribution is -2.38. The average molecular weight is 369 g/mol. The van der Waals surface area contributed by atoms with E-state index in [1.54, 1.807) is 18.1 Å². The maximum atomic E-state index is 12.5. The standard InChI is InChI=1S/C20H23N3O4/c1-27-16-5-2-4-14(12-16)13-23-11-9-15(7-8-18(23)24)22-20(26)17-6-3-10-21-19(17)25/h2-6,10,12,15H,7-9,11,13H2,1H3,(H,21,25)(H,22,26). The van der Waals surface area contributed by atoms with E-state index in [0.29, 0.717) is 32.4 Å². The van der Waals surface area contributed by atoms with Crippen LogP contribution in [0.2, 0.25) is 0 Å². The fourth-order valence-corrected chi connectivity index (χ4v) is 3.20. The Morgan fingerprint density at radius 1 is 1.26 bits per heavy atom. The van der Waals surface area contributed by atoms with Gasteiger partial charge < -0.3 is 19.9 Å². The van der Waals surface area contributed by atoms with Gasteiger partial charge >= 0.3 is 0 Å². The molecule has 1 aliphatic rings. The molecule has 7 nitrogen and oxygen atoms in total. The molecule has 1 fully saturated rings. The van der Waals surface area contributed by atoms with Crippen molar-refractivity contribution < 1.29 is 14.3 Å². The highest BCUT2D eigenvalue weighted by molar-refractivity contribution is 5.94. The summed E-state index contributed by atoms with van der Waals surface area (Å²) in [6, 6.07) is 10.6. The fourth-order valence-electron chi connectivity index (χ4n) is 3.20. The number of carbonyl (C=O) groups is 2. The first-order chi connectivity index (χ1) is 13.1. The number of nitrogens with one attached hydrogen (secondary N) is 2. The van der Waals surface area contributed by atoms with Crippen molar-refractivity contribution in [2.45, 2.75) is 31.8 Å². The Morgan fingerprint density at radius 3 is 2.89 bits per heavy atom. The predicted molar refractivity (Wildman–Crippen MR) is 101 cm³/mol. The van der Waals surface area contributed by atoms with E-state index in [4.69, 9.17) is 4.74 Å². The number of benzene rings is 1. The molecule has 7 heteroatoms. The van der Waals surface area contributed by atoms with Gasteiger partial charge in [0.25, 0.3) is 11.5 Å². The summed E-state index contributed by atoms with van der Waals surface area (Å²) in [5.41, 5.74) is 0.668. The lowest BCUT2D eigenvalue weighted by molar-refractivity contribution is -0.131. The molecule has 2 N–H and O–H groups in total. The van der Waals surface area contributed by atoms with Crippen molar-refractivity contribution in [2.75, 3.05) is 13.7 Å². The van der Waals surface area contributed by atoms with Crippen LogP contribution in [0.4, 0.5) is 0 Å². The zero-order valence-corrected chi connectivity index (χ0v) is 15.2. The SMILES string of the molecule is COc1cccc(CN2CCC(NC(=O)c3ccc[nH]c3=O)CCC2=O)c1. The molecule has 3 rings (SSSR count). The summed E-state index contributed by atoms with van der Waals surface area (Å²) >= 11 is 0. The molecule has 2 amide bonds. The van der Waals surface area contributed by atoms with Gasteiger partial charge in [0.05, 0.1) is 7.11 Å². The summed E-state index contributed by atoms with van der Waals surface area (Å²) in [6.07, 6.45) is 3.05. The summed E-state index contributed by atoms with van der Waals surface area (Å²) in [6.45, 7) is 1.06. The highest BCUT2D eigenvalue weighted by atomic mass is 16.5. The Balaban J connectivity index is 1.62. The van der Waals surface area contributed by atoms with Crippen LogP contribution in [0.5, 0.6) is 5.75 Å². The Morgan fingerprint density at radius 2 is 2.11 bits per heavy atom. The maximum Gasteiger partial charge on any atom is 0.260 e. The minimum absolute atomic E-state index is 0.0622. The van der Waals surface area contributed by atoms with Crippen molar-refractivity contribution in [3.8, 4) is 5.75 Å². The van der Waals surface area contributed by atoms with Gasteiger partial charge in [-0.15, -0.1) is 0 Å². The molecule has 0 saturated carbocycles. The van der Waals surface area contributed by atoms with Crippen LogP contribution in [0.3, 0.4) is 0 Å². The van der Waals surface area contributed by atoms with Crippen LogP contribution in [0, 0.1) is 0 Å². The van der Waals surface area contributed by atoms with Gasteiger partial charge in [-0.1, -0.05) is 12.1 Å². The molecule has 2 heterocycles. The number of hydrogen-bond donors (Lipinski definition) is 2. The highest BCUT2D eigenvalue weighted by Gasteiger charge is 2.24. The fraction of sp³-hybridized carbons (Fsp3) is 0.350. The Kier molecular flexibility index (Phi) is 5.90. The molecule has 2 aromatic rings. The molecule has 0 spiro atoms. The molecule has 1 aliphatic heterocycles. The molecule has 1 aromatic carbocycles. The third-order valence-electron chi connectivity index (χ3n) is 4.71. The van der Waals surface area contributed by atoms with E-state index >= 15 is 0 Å². The van der Waals surface area contributed by atoms with E-state index in [1.807, 2.05) is 24.3 Å². The van der Waals surface area contributed by atoms with Crippen molar-refractivity contribution in [3.63, 3.8) is 0 Å². The van der Waals surface area contributed by atoms with Crippen LogP contribution in [0.25, 0.3) is 0 Å². The van der Waals surface area contributed by atoms with E-state index in [1.165, 1.54) is 12.3 Å². The number of rotatable bonds is 5. The van der Waals surface area contributed by atoms with Gasteiger partial charge in [0.1, 0.15) is 11.3 Å². The quantitative estimate of drug-likeness (QED) is 0.839. The number of likely N-dealkylation sites (tertiary alicyclic amines) is 1. The summed E-state index contributed by atoms with van der Waals surface area (Å²) in [7, 11) is 1.61. The molecule has 1 atom stereocenters. The number of ether oxygens (including phenoxy) is 1. The van der Waals surface area contributed by atoms with Crippen LogP contribution < -0.4 is 15.6 Å². The zero-order valence-electron chi connectivity index (χ0n) is 15.2. The molecule has 1 aromatic heterocycles. The van der Waals surface area contributed by atoms with Crippen LogP contribution in [0.1, 0.15) is 35.2 Å². The first kappa shape index (κ1) is 18.7. The maximum absolute atomic E-state index is 12.5. The number of hydrogen-bond acceptors (Lipinski definition) is 4. The lowest BCUT2D eigenvalue weighted by Gasteiger charge is -2.21. The minimum atomic E-state index is -0.417. The van der Waals surface area contributed by atoms with Crippen molar-refractivity contribution >= 4 is 11.8 Å². The Labute approximate surface area is 157 Å². The van der Waals surface area contributed by atoms with Gasteiger partial charge in [0.15, 0.2) is 0 Å². The molecular weight excluding hydrogens is 346 g/mol. The number of carbonyl (C=O) groups excluding carboxylic acids is 2. The van der Waals surface area contributed by atoms with Crippen LogP contribution in [0.15, 0.2) is 47.4 Å². The number of H-pyrrole nitrogens is 1. The van der Waals surface area contributed by atoms with Gasteiger partial charge in [0.2, 0.25) is 5.91 Å². The number of methoxy groups -OCH3 is 1. The van der Waals surface area contributed by atoms with Gasteiger partial charge in [-0.3, -0.25) is 14.4 Å². The second-order valence-corrected chi connectivity index (χ2v) is 6.58. The van der Waals surface area contributed by atoms with E-state index in [2.05, 4.69) is 10.3 Å². The van der Waals surface area contributed by atoms with Crippen LogP contribution in [-0.4, -0.2) is 41.4 Å². The van der Waals surface area contributed by atoms with Crippen molar-refractivity contribution in [3.05, 3.63) is 64.1 Å². The normalized spacial score (nSPS) is 17.3. The summed E-state index contributed by atoms with van der Waals surface area (Å²) in [5, 5.41) is 2.88. The monoisotopic (exact) mass is 369 g/mol. The molecule has 142 valence electrons. The average Bonchev–Trinajstić information content (AvgIpc) is 2.84. The lowest BCUT2D eigenvalue weighted by atomic mass is 10.1. The molecule has 27 heavy (non-hydrogen) atoms. The van der Waals surface area contributed by atoms with Crippen molar-refractivity contribution in [2.24, 2.45) is 0 Å². The molecule has 0 bridgehead atoms. The summed E-state index contributed by atoms with van der Waals surface area (Å²) in [5.74, 6) is 0.413. The van der Waals surface area contributed by atoms with Crippen LogP contribution >= 0.6 is 0 Å². The Hall–Kier alpha value is -3.09. The number of pyridine rings is 1. The van der Waals surface area contributed by atoms with E-state index in [0.717, 1.165) is 11.3 Å². The van der Waals surface area contributed by atoms with Gasteiger partial charge in [-0.2, -0.15) is 0 Å². The second kappa shape index (κ2) is 8.53. The number of aromatic nitrogens is 1. The van der Waals surface area contributed by atoms with E-state index < -0.39 is 11.5 Å². The van der Waals surface area contributed by atoms with Crippen molar-refractivity contribution in [1.29, 1.82) is 0 Å². The van der Waals surface area contributed by atoms with Crippen molar-refractivity contribution in [1.82, 2.24) is 15.2 Å². The van der Waals surface area contributed by atoms with Gasteiger partial charge in [-0.05, 0) is 42.7 Å². The second-order valence-electron chi connectivity index (χ2n) is 6.58. The number of amides is 2. The summed E-state index contributed by atoms with van der Waals surface area (Å²) in [4.78, 5) is 40.8. The van der Waals surface area contributed by atoms with E-state index in [9.17, 15) is 14.4 Å². The van der Waals surface area contributed by atoms with Crippen LogP contribution in [-0.2, 0) is 11.3 Å². The molecule has 0 aliphatic carbocycles. The topological polar surface area (TPSA) is 91.5 Å². The van der Waals surface area contributed by atoms with E-state index in [-0.39, 0.29) is 17.5 Å². The predicted octanol–water partition coefficient (Wildman–Crippen LogP) is 1.69. The largest absolute Gasteiger partial charge is 0.497 e. The molecular formula is C20H23N3O4. The first-order valence-electron chi connectivity index (χ1n) is 8.96. The molecule has 1 saturated heterocycles.